The lowest BCUT2D eigenvalue weighted by Crippen LogP contribution is -2.27. The first kappa shape index (κ1) is 19.1. The van der Waals surface area contributed by atoms with Crippen LogP contribution in [0.25, 0.3) is 0 Å². The highest BCUT2D eigenvalue weighted by atomic mass is 32.1. The zero-order valence-corrected chi connectivity index (χ0v) is 15.3. The molecule has 126 valence electrons. The van der Waals surface area contributed by atoms with Crippen LogP contribution in [-0.4, -0.2) is 29.9 Å². The van der Waals surface area contributed by atoms with Crippen LogP contribution in [-0.2, 0) is 24.5 Å². The van der Waals surface area contributed by atoms with Gasteiger partial charge in [0.15, 0.2) is 5.13 Å². The lowest BCUT2D eigenvalue weighted by Gasteiger charge is -2.18. The maximum Gasteiger partial charge on any atom is 0.413 e. The number of hydrogen-bond donors (Lipinski definition) is 1. The van der Waals surface area contributed by atoms with E-state index in [4.69, 9.17) is 13.8 Å². The van der Waals surface area contributed by atoms with E-state index in [0.29, 0.717) is 24.0 Å². The van der Waals surface area contributed by atoms with Crippen molar-refractivity contribution in [3.63, 3.8) is 0 Å². The zero-order valence-electron chi connectivity index (χ0n) is 13.5. The Hall–Kier alpha value is -0.950. The van der Waals surface area contributed by atoms with Crippen molar-refractivity contribution in [3.8, 4) is 0 Å². The molecular formula is C13H23N2O5PS. The van der Waals surface area contributed by atoms with Gasteiger partial charge in [0.25, 0.3) is 0 Å². The minimum atomic E-state index is -3.20. The fraction of sp³-hybridized carbons (Fsp3) is 0.692. The average molecular weight is 350 g/mol. The van der Waals surface area contributed by atoms with E-state index in [2.05, 4.69) is 10.3 Å². The minimum Gasteiger partial charge on any atom is -0.444 e. The molecule has 22 heavy (non-hydrogen) atoms. The average Bonchev–Trinajstić information content (AvgIpc) is 2.73. The molecule has 0 aromatic carbocycles. The van der Waals surface area contributed by atoms with Gasteiger partial charge in [-0.25, -0.2) is 9.78 Å². The Morgan fingerprint density at radius 2 is 1.91 bits per heavy atom. The van der Waals surface area contributed by atoms with Crippen molar-refractivity contribution >= 4 is 30.2 Å². The quantitative estimate of drug-likeness (QED) is 0.740. The molecule has 7 nitrogen and oxygen atoms in total. The fourth-order valence-electron chi connectivity index (χ4n) is 1.55. The number of anilines is 1. The van der Waals surface area contributed by atoms with E-state index in [1.165, 1.54) is 11.3 Å². The molecule has 1 rings (SSSR count). The lowest BCUT2D eigenvalue weighted by molar-refractivity contribution is 0.0636. The second-order valence-electron chi connectivity index (χ2n) is 5.38. The van der Waals surface area contributed by atoms with Crippen molar-refractivity contribution in [1.82, 2.24) is 4.98 Å². The van der Waals surface area contributed by atoms with Gasteiger partial charge >= 0.3 is 13.7 Å². The number of carbonyl (C=O) groups is 1. The summed E-state index contributed by atoms with van der Waals surface area (Å²) in [6.45, 7) is 9.43. The molecule has 0 atom stereocenters. The summed E-state index contributed by atoms with van der Waals surface area (Å²) in [5.74, 6) is 0. The third-order valence-electron chi connectivity index (χ3n) is 2.17. The van der Waals surface area contributed by atoms with Gasteiger partial charge in [0.1, 0.15) is 5.60 Å². The van der Waals surface area contributed by atoms with Crippen LogP contribution in [0.1, 0.15) is 40.3 Å². The molecule has 0 fully saturated rings. The number of thiazole rings is 1. The summed E-state index contributed by atoms with van der Waals surface area (Å²) in [5, 5.41) is 4.63. The van der Waals surface area contributed by atoms with E-state index in [1.54, 1.807) is 40.0 Å². The Kier molecular flexibility index (Phi) is 6.99. The summed E-state index contributed by atoms with van der Waals surface area (Å²) < 4.78 is 28.0. The Labute approximate surface area is 134 Å². The molecule has 0 aliphatic rings. The van der Waals surface area contributed by atoms with Crippen LogP contribution in [0, 0.1) is 0 Å². The standard InChI is InChI=1S/C13H23N2O5PS/c1-6-18-21(17,19-7-2)8-10-9-22-11(14-10)15-12(16)20-13(3,4)5/h9H,6-8H2,1-5H3,(H,14,15,16). The Balaban J connectivity index is 2.67. The van der Waals surface area contributed by atoms with Gasteiger partial charge < -0.3 is 13.8 Å². The topological polar surface area (TPSA) is 86.8 Å². The maximum absolute atomic E-state index is 12.4. The molecular weight excluding hydrogens is 327 g/mol. The molecule has 0 saturated carbocycles. The fourth-order valence-corrected chi connectivity index (χ4v) is 3.97. The Morgan fingerprint density at radius 3 is 2.41 bits per heavy atom. The third kappa shape index (κ3) is 6.87. The Morgan fingerprint density at radius 1 is 1.32 bits per heavy atom. The van der Waals surface area contributed by atoms with Gasteiger partial charge in [0.2, 0.25) is 0 Å². The molecule has 9 heteroatoms. The molecule has 1 aromatic rings. The van der Waals surface area contributed by atoms with Crippen molar-refractivity contribution in [2.24, 2.45) is 0 Å². The first-order chi connectivity index (χ1) is 10.2. The van der Waals surface area contributed by atoms with Crippen LogP contribution in [0.15, 0.2) is 5.38 Å². The molecule has 0 bridgehead atoms. The van der Waals surface area contributed by atoms with E-state index in [1.807, 2.05) is 0 Å². The van der Waals surface area contributed by atoms with E-state index >= 15 is 0 Å². The summed E-state index contributed by atoms with van der Waals surface area (Å²) in [4.78, 5) is 15.9. The number of nitrogens with one attached hydrogen (secondary N) is 1. The number of rotatable bonds is 7. The number of ether oxygens (including phenoxy) is 1. The summed E-state index contributed by atoms with van der Waals surface area (Å²) in [6, 6.07) is 0. The highest BCUT2D eigenvalue weighted by Gasteiger charge is 2.26. The molecule has 1 aromatic heterocycles. The first-order valence-electron chi connectivity index (χ1n) is 7.00. The first-order valence-corrected chi connectivity index (χ1v) is 9.60. The van der Waals surface area contributed by atoms with E-state index in [0.717, 1.165) is 0 Å². The molecule has 0 aliphatic heterocycles. The molecule has 1 heterocycles. The van der Waals surface area contributed by atoms with Crippen LogP contribution in [0.5, 0.6) is 0 Å². The van der Waals surface area contributed by atoms with Crippen molar-refractivity contribution in [3.05, 3.63) is 11.1 Å². The number of amides is 1. The second-order valence-corrected chi connectivity index (χ2v) is 8.29. The van der Waals surface area contributed by atoms with Crippen LogP contribution in [0.2, 0.25) is 0 Å². The monoisotopic (exact) mass is 350 g/mol. The number of carbonyl (C=O) groups excluding carboxylic acids is 1. The highest BCUT2D eigenvalue weighted by molar-refractivity contribution is 7.53. The second kappa shape index (κ2) is 8.06. The van der Waals surface area contributed by atoms with Gasteiger partial charge in [-0.05, 0) is 34.6 Å². The molecule has 1 amide bonds. The summed E-state index contributed by atoms with van der Waals surface area (Å²) >= 11 is 1.23. The van der Waals surface area contributed by atoms with E-state index in [9.17, 15) is 9.36 Å². The molecule has 0 aliphatic carbocycles. The molecule has 0 radical (unpaired) electrons. The minimum absolute atomic E-state index is 0.0706. The third-order valence-corrected chi connectivity index (χ3v) is 4.99. The highest BCUT2D eigenvalue weighted by Crippen LogP contribution is 2.51. The van der Waals surface area contributed by atoms with Crippen LogP contribution >= 0.6 is 18.9 Å². The van der Waals surface area contributed by atoms with Gasteiger partial charge in [-0.1, -0.05) is 0 Å². The largest absolute Gasteiger partial charge is 0.444 e. The van der Waals surface area contributed by atoms with Crippen LogP contribution in [0.3, 0.4) is 0 Å². The SMILES string of the molecule is CCOP(=O)(Cc1csc(NC(=O)OC(C)(C)C)n1)OCC. The van der Waals surface area contributed by atoms with E-state index in [-0.39, 0.29) is 6.16 Å². The normalized spacial score (nSPS) is 12.2. The van der Waals surface area contributed by atoms with Gasteiger partial charge in [0, 0.05) is 5.38 Å². The smallest absolute Gasteiger partial charge is 0.413 e. The van der Waals surface area contributed by atoms with Crippen molar-refractivity contribution in [2.75, 3.05) is 18.5 Å². The van der Waals surface area contributed by atoms with Crippen LogP contribution < -0.4 is 5.32 Å². The summed E-state index contributed by atoms with van der Waals surface area (Å²) in [5.41, 5.74) is -0.0367. The molecule has 1 N–H and O–H groups in total. The molecule has 0 spiro atoms. The number of aromatic nitrogens is 1. The molecule has 0 unspecified atom stereocenters. The van der Waals surface area contributed by atoms with Gasteiger partial charge in [-0.2, -0.15) is 0 Å². The number of hydrogen-bond acceptors (Lipinski definition) is 7. The van der Waals surface area contributed by atoms with Crippen molar-refractivity contribution < 1.29 is 23.1 Å². The van der Waals surface area contributed by atoms with Crippen molar-refractivity contribution in [2.45, 2.75) is 46.4 Å². The Bertz CT molecular complexity index is 531. The van der Waals surface area contributed by atoms with E-state index < -0.39 is 19.3 Å². The van der Waals surface area contributed by atoms with Crippen molar-refractivity contribution in [1.29, 1.82) is 0 Å². The lowest BCUT2D eigenvalue weighted by atomic mass is 10.2. The van der Waals surface area contributed by atoms with Gasteiger partial charge in [-0.15, -0.1) is 11.3 Å². The zero-order chi connectivity index (χ0) is 16.8. The summed E-state index contributed by atoms with van der Waals surface area (Å²) in [7, 11) is -3.20. The van der Waals surface area contributed by atoms with Crippen LogP contribution in [0.4, 0.5) is 9.93 Å². The van der Waals surface area contributed by atoms with Gasteiger partial charge in [-0.3, -0.25) is 9.88 Å². The predicted octanol–water partition coefficient (Wildman–Crippen LogP) is 4.26. The summed E-state index contributed by atoms with van der Waals surface area (Å²) in [6.07, 6.45) is -0.507. The maximum atomic E-state index is 12.4. The van der Waals surface area contributed by atoms with Gasteiger partial charge in [0.05, 0.1) is 25.1 Å². The molecule has 0 saturated heterocycles. The number of nitrogens with zero attached hydrogens (tertiary/aromatic N) is 1. The predicted molar refractivity (Wildman–Crippen MR) is 86.5 cm³/mol.